The molecular formula is C15H23N3O2. The minimum Gasteiger partial charge on any atom is -0.486 e. The van der Waals surface area contributed by atoms with Gasteiger partial charge in [0.25, 0.3) is 0 Å². The Labute approximate surface area is 120 Å². The highest BCUT2D eigenvalue weighted by Crippen LogP contribution is 2.39. The summed E-state index contributed by atoms with van der Waals surface area (Å²) >= 11 is 0. The van der Waals surface area contributed by atoms with E-state index in [0.717, 1.165) is 23.7 Å². The van der Waals surface area contributed by atoms with Gasteiger partial charge in [-0.25, -0.2) is 0 Å². The van der Waals surface area contributed by atoms with Crippen molar-refractivity contribution in [3.8, 4) is 11.5 Å². The molecule has 1 saturated carbocycles. The molecule has 0 atom stereocenters. The Morgan fingerprint density at radius 3 is 2.40 bits per heavy atom. The standard InChI is InChI=1S/C15H23N3O2/c1-18(2)15(4-3-5-15)10-17-12-9-14-13(8-11(12)16)19-6-7-20-14/h8-9,17H,3-7,10,16H2,1-2H3. The maximum absolute atomic E-state index is 6.10. The van der Waals surface area contributed by atoms with Crippen LogP contribution in [0.3, 0.4) is 0 Å². The Balaban J connectivity index is 1.74. The number of benzene rings is 1. The van der Waals surface area contributed by atoms with Crippen LogP contribution in [0, 0.1) is 0 Å². The lowest BCUT2D eigenvalue weighted by Gasteiger charge is -2.47. The first-order valence-corrected chi connectivity index (χ1v) is 7.21. The second kappa shape index (κ2) is 5.05. The van der Waals surface area contributed by atoms with Gasteiger partial charge in [-0.1, -0.05) is 0 Å². The molecule has 3 N–H and O–H groups in total. The van der Waals surface area contributed by atoms with Crippen LogP contribution >= 0.6 is 0 Å². The molecule has 0 unspecified atom stereocenters. The van der Waals surface area contributed by atoms with Crippen molar-refractivity contribution in [1.29, 1.82) is 0 Å². The number of anilines is 2. The molecule has 1 heterocycles. The molecule has 0 spiro atoms. The second-order valence-electron chi connectivity index (χ2n) is 5.91. The summed E-state index contributed by atoms with van der Waals surface area (Å²) in [7, 11) is 4.29. The lowest BCUT2D eigenvalue weighted by molar-refractivity contribution is 0.0739. The average Bonchev–Trinajstić information content (AvgIpc) is 2.37. The van der Waals surface area contributed by atoms with E-state index in [-0.39, 0.29) is 5.54 Å². The van der Waals surface area contributed by atoms with Gasteiger partial charge in [0.2, 0.25) is 0 Å². The summed E-state index contributed by atoms with van der Waals surface area (Å²) < 4.78 is 11.1. The van der Waals surface area contributed by atoms with Crippen molar-refractivity contribution < 1.29 is 9.47 Å². The maximum Gasteiger partial charge on any atom is 0.163 e. The van der Waals surface area contributed by atoms with Crippen molar-refractivity contribution in [2.45, 2.75) is 24.8 Å². The van der Waals surface area contributed by atoms with Gasteiger partial charge in [0.15, 0.2) is 11.5 Å². The molecule has 0 aromatic heterocycles. The van der Waals surface area contributed by atoms with Crippen molar-refractivity contribution in [2.75, 3.05) is 44.9 Å². The van der Waals surface area contributed by atoms with Gasteiger partial charge in [-0.05, 0) is 33.4 Å². The molecule has 2 aliphatic rings. The first-order valence-electron chi connectivity index (χ1n) is 7.21. The van der Waals surface area contributed by atoms with Gasteiger partial charge in [-0.3, -0.25) is 0 Å². The van der Waals surface area contributed by atoms with E-state index < -0.39 is 0 Å². The van der Waals surface area contributed by atoms with E-state index in [1.165, 1.54) is 19.3 Å². The SMILES string of the molecule is CN(C)C1(CNc2cc3c(cc2N)OCCO3)CCC1. The number of hydrogen-bond acceptors (Lipinski definition) is 5. The van der Waals surface area contributed by atoms with Crippen LogP contribution in [0.5, 0.6) is 11.5 Å². The summed E-state index contributed by atoms with van der Waals surface area (Å²) in [5, 5.41) is 3.48. The molecule has 1 aromatic carbocycles. The molecule has 1 aliphatic heterocycles. The molecule has 0 bridgehead atoms. The molecule has 1 aliphatic carbocycles. The molecule has 20 heavy (non-hydrogen) atoms. The van der Waals surface area contributed by atoms with Crippen molar-refractivity contribution in [1.82, 2.24) is 4.90 Å². The summed E-state index contributed by atoms with van der Waals surface area (Å²) in [6.45, 7) is 2.09. The van der Waals surface area contributed by atoms with Gasteiger partial charge < -0.3 is 25.4 Å². The van der Waals surface area contributed by atoms with Gasteiger partial charge in [-0.15, -0.1) is 0 Å². The number of ether oxygens (including phenoxy) is 2. The predicted octanol–water partition coefficient (Wildman–Crippen LogP) is 1.94. The number of rotatable bonds is 4. The summed E-state index contributed by atoms with van der Waals surface area (Å²) in [6, 6.07) is 3.80. The van der Waals surface area contributed by atoms with Crippen molar-refractivity contribution in [3.63, 3.8) is 0 Å². The van der Waals surface area contributed by atoms with E-state index in [2.05, 4.69) is 24.3 Å². The minimum absolute atomic E-state index is 0.264. The summed E-state index contributed by atoms with van der Waals surface area (Å²) in [5.41, 5.74) is 8.00. The minimum atomic E-state index is 0.264. The molecular weight excluding hydrogens is 254 g/mol. The zero-order valence-corrected chi connectivity index (χ0v) is 12.2. The number of nitrogen functional groups attached to an aromatic ring is 1. The second-order valence-corrected chi connectivity index (χ2v) is 5.91. The number of hydrogen-bond donors (Lipinski definition) is 2. The smallest absolute Gasteiger partial charge is 0.163 e. The van der Waals surface area contributed by atoms with Gasteiger partial charge in [-0.2, -0.15) is 0 Å². The topological polar surface area (TPSA) is 59.8 Å². The molecule has 5 heteroatoms. The molecule has 0 radical (unpaired) electrons. The highest BCUT2D eigenvalue weighted by Gasteiger charge is 2.38. The third kappa shape index (κ3) is 2.26. The maximum atomic E-state index is 6.10. The first-order chi connectivity index (χ1) is 9.61. The summed E-state index contributed by atoms with van der Waals surface area (Å²) in [4.78, 5) is 2.32. The van der Waals surface area contributed by atoms with Crippen LogP contribution in [0.1, 0.15) is 19.3 Å². The monoisotopic (exact) mass is 277 g/mol. The Hall–Kier alpha value is -1.62. The number of likely N-dealkylation sites (N-methyl/N-ethyl adjacent to an activating group) is 1. The molecule has 1 aromatic rings. The quantitative estimate of drug-likeness (QED) is 0.824. The largest absolute Gasteiger partial charge is 0.486 e. The molecule has 0 amide bonds. The zero-order valence-electron chi connectivity index (χ0n) is 12.2. The number of nitrogens with one attached hydrogen (secondary N) is 1. The fraction of sp³-hybridized carbons (Fsp3) is 0.600. The third-order valence-electron chi connectivity index (χ3n) is 4.56. The summed E-state index contributed by atoms with van der Waals surface area (Å²) in [5.74, 6) is 1.52. The van der Waals surface area contributed by atoms with E-state index >= 15 is 0 Å². The Bertz CT molecular complexity index is 498. The predicted molar refractivity (Wildman–Crippen MR) is 80.6 cm³/mol. The van der Waals surface area contributed by atoms with E-state index in [1.807, 2.05) is 12.1 Å². The first kappa shape index (κ1) is 13.4. The van der Waals surface area contributed by atoms with Crippen LogP contribution in [-0.4, -0.2) is 44.3 Å². The van der Waals surface area contributed by atoms with E-state index in [4.69, 9.17) is 15.2 Å². The van der Waals surface area contributed by atoms with E-state index in [1.54, 1.807) is 0 Å². The Morgan fingerprint density at radius 2 is 1.85 bits per heavy atom. The van der Waals surface area contributed by atoms with Crippen molar-refractivity contribution in [3.05, 3.63) is 12.1 Å². The Morgan fingerprint density at radius 1 is 1.20 bits per heavy atom. The highest BCUT2D eigenvalue weighted by molar-refractivity contribution is 5.72. The number of nitrogens with zero attached hydrogens (tertiary/aromatic N) is 1. The van der Waals surface area contributed by atoms with Crippen LogP contribution in [-0.2, 0) is 0 Å². The van der Waals surface area contributed by atoms with Crippen LogP contribution in [0.4, 0.5) is 11.4 Å². The van der Waals surface area contributed by atoms with Gasteiger partial charge in [0.1, 0.15) is 13.2 Å². The van der Waals surface area contributed by atoms with Crippen molar-refractivity contribution >= 4 is 11.4 Å². The third-order valence-corrected chi connectivity index (χ3v) is 4.56. The van der Waals surface area contributed by atoms with Crippen LogP contribution in [0.2, 0.25) is 0 Å². The molecule has 5 nitrogen and oxygen atoms in total. The fourth-order valence-electron chi connectivity index (χ4n) is 2.88. The number of fused-ring (bicyclic) bond motifs is 1. The van der Waals surface area contributed by atoms with Crippen LogP contribution < -0.4 is 20.5 Å². The molecule has 0 saturated heterocycles. The molecule has 110 valence electrons. The normalized spacial score (nSPS) is 19.6. The highest BCUT2D eigenvalue weighted by atomic mass is 16.6. The van der Waals surface area contributed by atoms with E-state index in [0.29, 0.717) is 18.9 Å². The lowest BCUT2D eigenvalue weighted by atomic mass is 9.75. The molecule has 3 rings (SSSR count). The number of nitrogens with two attached hydrogens (primary N) is 1. The average molecular weight is 277 g/mol. The molecule has 1 fully saturated rings. The van der Waals surface area contributed by atoms with Crippen LogP contribution in [0.25, 0.3) is 0 Å². The van der Waals surface area contributed by atoms with Crippen molar-refractivity contribution in [2.24, 2.45) is 0 Å². The zero-order chi connectivity index (χ0) is 14.2. The van der Waals surface area contributed by atoms with E-state index in [9.17, 15) is 0 Å². The van der Waals surface area contributed by atoms with Crippen LogP contribution in [0.15, 0.2) is 12.1 Å². The fourth-order valence-corrected chi connectivity index (χ4v) is 2.88. The van der Waals surface area contributed by atoms with Gasteiger partial charge in [0, 0.05) is 24.2 Å². The van der Waals surface area contributed by atoms with Gasteiger partial charge in [0.05, 0.1) is 11.4 Å². The Kier molecular flexibility index (Phi) is 3.38. The summed E-state index contributed by atoms with van der Waals surface area (Å²) in [6.07, 6.45) is 3.77. The lowest BCUT2D eigenvalue weighted by Crippen LogP contribution is -2.54. The van der Waals surface area contributed by atoms with Gasteiger partial charge >= 0.3 is 0 Å².